The fourth-order valence-corrected chi connectivity index (χ4v) is 1.91. The van der Waals surface area contributed by atoms with Gasteiger partial charge in [-0.05, 0) is 6.42 Å². The monoisotopic (exact) mass is 260 g/mol. The van der Waals surface area contributed by atoms with Gasteiger partial charge < -0.3 is 26.0 Å². The number of carbonyl (C=O) groups excluding carboxylic acids is 1. The highest BCUT2D eigenvalue weighted by Gasteiger charge is 2.40. The average molecular weight is 260 g/mol. The zero-order valence-electron chi connectivity index (χ0n) is 9.65. The number of rotatable bonds is 5. The summed E-state index contributed by atoms with van der Waals surface area (Å²) in [6.07, 6.45) is -1.25. The summed E-state index contributed by atoms with van der Waals surface area (Å²) in [4.78, 5) is 34.1. The topological polar surface area (TPSA) is 141 Å². The first kappa shape index (κ1) is 14.4. The van der Waals surface area contributed by atoms with Crippen molar-refractivity contribution in [2.24, 2.45) is 5.73 Å². The van der Waals surface area contributed by atoms with E-state index in [9.17, 15) is 19.5 Å². The van der Waals surface area contributed by atoms with Crippen molar-refractivity contribution in [1.29, 1.82) is 0 Å². The third-order valence-electron chi connectivity index (χ3n) is 2.83. The van der Waals surface area contributed by atoms with E-state index in [1.165, 1.54) is 0 Å². The van der Waals surface area contributed by atoms with E-state index in [0.717, 1.165) is 4.90 Å². The van der Waals surface area contributed by atoms with Crippen LogP contribution < -0.4 is 5.73 Å². The number of amides is 1. The first-order chi connectivity index (χ1) is 8.32. The Balaban J connectivity index is 2.64. The van der Waals surface area contributed by atoms with Gasteiger partial charge in [0.15, 0.2) is 0 Å². The number of hydrogen-bond donors (Lipinski definition) is 4. The van der Waals surface area contributed by atoms with Gasteiger partial charge in [0.2, 0.25) is 5.91 Å². The summed E-state index contributed by atoms with van der Waals surface area (Å²) in [6, 6.07) is -2.16. The van der Waals surface area contributed by atoms with Crippen LogP contribution in [0.2, 0.25) is 0 Å². The van der Waals surface area contributed by atoms with E-state index in [-0.39, 0.29) is 25.8 Å². The van der Waals surface area contributed by atoms with Gasteiger partial charge in [-0.3, -0.25) is 9.59 Å². The standard InChI is InChI=1S/C10H16N2O6/c11-6(1-2-8(14)15)9(16)12-4-5(13)3-7(12)10(17)18/h5-7,13H,1-4,11H2,(H,14,15)(H,17,18). The van der Waals surface area contributed by atoms with Gasteiger partial charge in [-0.25, -0.2) is 4.79 Å². The molecule has 0 bridgehead atoms. The molecule has 102 valence electrons. The molecule has 0 spiro atoms. The second-order valence-corrected chi connectivity index (χ2v) is 4.27. The Labute approximate surface area is 103 Å². The molecule has 1 saturated heterocycles. The minimum Gasteiger partial charge on any atom is -0.481 e. The summed E-state index contributed by atoms with van der Waals surface area (Å²) in [5.41, 5.74) is 5.52. The van der Waals surface area contributed by atoms with Gasteiger partial charge in [0.05, 0.1) is 12.1 Å². The minimum atomic E-state index is -1.20. The second kappa shape index (κ2) is 5.78. The lowest BCUT2D eigenvalue weighted by Crippen LogP contribution is -2.48. The van der Waals surface area contributed by atoms with Crippen LogP contribution in [0.5, 0.6) is 0 Å². The highest BCUT2D eigenvalue weighted by atomic mass is 16.4. The molecule has 0 radical (unpaired) electrons. The van der Waals surface area contributed by atoms with Crippen molar-refractivity contribution < 1.29 is 29.7 Å². The minimum absolute atomic E-state index is 0.0350. The van der Waals surface area contributed by atoms with E-state index in [0.29, 0.717) is 0 Å². The maximum Gasteiger partial charge on any atom is 0.326 e. The Morgan fingerprint density at radius 3 is 2.44 bits per heavy atom. The van der Waals surface area contributed by atoms with Crippen LogP contribution in [0.15, 0.2) is 0 Å². The van der Waals surface area contributed by atoms with Crippen molar-refractivity contribution in [3.63, 3.8) is 0 Å². The molecule has 8 heteroatoms. The summed E-state index contributed by atoms with van der Waals surface area (Å²) in [7, 11) is 0. The van der Waals surface area contributed by atoms with Crippen LogP contribution >= 0.6 is 0 Å². The lowest BCUT2D eigenvalue weighted by atomic mass is 10.1. The Morgan fingerprint density at radius 1 is 1.33 bits per heavy atom. The molecule has 1 heterocycles. The van der Waals surface area contributed by atoms with E-state index < -0.39 is 36.0 Å². The number of nitrogens with two attached hydrogens (primary N) is 1. The summed E-state index contributed by atoms with van der Waals surface area (Å²) in [5.74, 6) is -2.92. The number of β-amino-alcohol motifs (C(OH)–C–C–N with tert-alkyl or cyclic N) is 1. The highest BCUT2D eigenvalue weighted by Crippen LogP contribution is 2.19. The van der Waals surface area contributed by atoms with E-state index in [1.54, 1.807) is 0 Å². The molecule has 1 amide bonds. The molecule has 0 aromatic carbocycles. The van der Waals surface area contributed by atoms with Gasteiger partial charge in [-0.15, -0.1) is 0 Å². The molecule has 3 atom stereocenters. The Morgan fingerprint density at radius 2 is 1.94 bits per heavy atom. The second-order valence-electron chi connectivity index (χ2n) is 4.27. The van der Waals surface area contributed by atoms with Crippen molar-refractivity contribution in [2.75, 3.05) is 6.54 Å². The maximum absolute atomic E-state index is 11.9. The van der Waals surface area contributed by atoms with E-state index in [4.69, 9.17) is 15.9 Å². The predicted octanol–water partition coefficient (Wildman–Crippen LogP) is -1.78. The molecule has 0 aromatic heterocycles. The zero-order valence-corrected chi connectivity index (χ0v) is 9.65. The van der Waals surface area contributed by atoms with E-state index >= 15 is 0 Å². The molecule has 1 aliphatic heterocycles. The first-order valence-corrected chi connectivity index (χ1v) is 5.51. The van der Waals surface area contributed by atoms with Crippen LogP contribution in [0, 0.1) is 0 Å². The third-order valence-corrected chi connectivity index (χ3v) is 2.83. The first-order valence-electron chi connectivity index (χ1n) is 5.51. The summed E-state index contributed by atoms with van der Waals surface area (Å²) in [6.45, 7) is -0.0867. The number of nitrogens with zero attached hydrogens (tertiary/aromatic N) is 1. The molecule has 3 unspecified atom stereocenters. The number of hydrogen-bond acceptors (Lipinski definition) is 5. The fraction of sp³-hybridized carbons (Fsp3) is 0.700. The van der Waals surface area contributed by atoms with Crippen LogP contribution in [0.1, 0.15) is 19.3 Å². The molecule has 0 saturated carbocycles. The van der Waals surface area contributed by atoms with E-state index in [1.807, 2.05) is 0 Å². The van der Waals surface area contributed by atoms with Crippen LogP contribution in [0.4, 0.5) is 0 Å². The molecular weight excluding hydrogens is 244 g/mol. The van der Waals surface area contributed by atoms with Crippen molar-refractivity contribution in [2.45, 2.75) is 37.5 Å². The molecule has 1 fully saturated rings. The fourth-order valence-electron chi connectivity index (χ4n) is 1.91. The van der Waals surface area contributed by atoms with Gasteiger partial charge >= 0.3 is 11.9 Å². The smallest absolute Gasteiger partial charge is 0.326 e. The predicted molar refractivity (Wildman–Crippen MR) is 58.6 cm³/mol. The highest BCUT2D eigenvalue weighted by molar-refractivity contribution is 5.87. The molecule has 1 aliphatic rings. The number of carboxylic acids is 2. The average Bonchev–Trinajstić information content (AvgIpc) is 2.67. The zero-order chi connectivity index (χ0) is 13.9. The number of likely N-dealkylation sites (tertiary alicyclic amines) is 1. The van der Waals surface area contributed by atoms with Crippen molar-refractivity contribution in [3.05, 3.63) is 0 Å². The largest absolute Gasteiger partial charge is 0.481 e. The number of carbonyl (C=O) groups is 3. The number of aliphatic hydroxyl groups excluding tert-OH is 1. The molecule has 8 nitrogen and oxygen atoms in total. The van der Waals surface area contributed by atoms with E-state index in [2.05, 4.69) is 0 Å². The summed E-state index contributed by atoms with van der Waals surface area (Å²) in [5, 5.41) is 26.8. The van der Waals surface area contributed by atoms with Crippen molar-refractivity contribution >= 4 is 17.8 Å². The molecule has 5 N–H and O–H groups in total. The normalized spacial score (nSPS) is 24.9. The van der Waals surface area contributed by atoms with Gasteiger partial charge in [-0.2, -0.15) is 0 Å². The lowest BCUT2D eigenvalue weighted by Gasteiger charge is -2.24. The van der Waals surface area contributed by atoms with Gasteiger partial charge in [0, 0.05) is 19.4 Å². The number of aliphatic hydroxyl groups is 1. The maximum atomic E-state index is 11.9. The SMILES string of the molecule is NC(CCC(=O)O)C(=O)N1CC(O)CC1C(=O)O. The summed E-state index contributed by atoms with van der Waals surface area (Å²) >= 11 is 0. The Bertz CT molecular complexity index is 358. The van der Waals surface area contributed by atoms with Crippen molar-refractivity contribution in [1.82, 2.24) is 4.90 Å². The van der Waals surface area contributed by atoms with Crippen LogP contribution in [0.3, 0.4) is 0 Å². The van der Waals surface area contributed by atoms with Crippen LogP contribution in [0.25, 0.3) is 0 Å². The number of aliphatic carboxylic acids is 2. The Hall–Kier alpha value is -1.67. The Kier molecular flexibility index (Phi) is 4.62. The van der Waals surface area contributed by atoms with Crippen molar-refractivity contribution in [3.8, 4) is 0 Å². The van der Waals surface area contributed by atoms with Crippen LogP contribution in [-0.2, 0) is 14.4 Å². The number of carboxylic acid groups (broad SMARTS) is 2. The third kappa shape index (κ3) is 3.41. The molecular formula is C10H16N2O6. The van der Waals surface area contributed by atoms with Gasteiger partial charge in [-0.1, -0.05) is 0 Å². The van der Waals surface area contributed by atoms with Crippen LogP contribution in [-0.4, -0.2) is 62.8 Å². The van der Waals surface area contributed by atoms with Gasteiger partial charge in [0.1, 0.15) is 6.04 Å². The molecule has 1 rings (SSSR count). The lowest BCUT2D eigenvalue weighted by molar-refractivity contribution is -0.149. The molecule has 0 aromatic rings. The summed E-state index contributed by atoms with van der Waals surface area (Å²) < 4.78 is 0. The molecule has 18 heavy (non-hydrogen) atoms. The van der Waals surface area contributed by atoms with Gasteiger partial charge in [0.25, 0.3) is 0 Å². The quantitative estimate of drug-likeness (QED) is 0.458. The molecule has 0 aliphatic carbocycles.